The first-order chi connectivity index (χ1) is 8.94. The highest BCUT2D eigenvalue weighted by atomic mass is 16.5. The van der Waals surface area contributed by atoms with Gasteiger partial charge in [-0.3, -0.25) is 4.40 Å². The van der Waals surface area contributed by atoms with Gasteiger partial charge in [0.15, 0.2) is 11.5 Å². The minimum absolute atomic E-state index is 0.125. The number of anilines is 1. The molecule has 2 aromatic heterocycles. The molecule has 0 bridgehead atoms. The Balaban J connectivity index is 2.48. The van der Waals surface area contributed by atoms with Crippen LogP contribution in [0.5, 0.6) is 0 Å². The van der Waals surface area contributed by atoms with E-state index in [2.05, 4.69) is 10.3 Å². The molecule has 6 nitrogen and oxygen atoms in total. The molecule has 0 fully saturated rings. The van der Waals surface area contributed by atoms with Gasteiger partial charge in [-0.2, -0.15) is 0 Å². The van der Waals surface area contributed by atoms with E-state index in [1.807, 2.05) is 19.9 Å². The maximum Gasteiger partial charge on any atom is 0.356 e. The maximum atomic E-state index is 11.4. The lowest BCUT2D eigenvalue weighted by molar-refractivity contribution is 0.0690. The summed E-state index contributed by atoms with van der Waals surface area (Å²) in [6.07, 6.45) is 1.68. The van der Waals surface area contributed by atoms with Crippen LogP contribution in [0, 0.1) is 0 Å². The summed E-state index contributed by atoms with van der Waals surface area (Å²) in [7, 11) is 1.60. The molecule has 0 atom stereocenters. The number of pyridine rings is 1. The first kappa shape index (κ1) is 13.4. The van der Waals surface area contributed by atoms with Gasteiger partial charge in [0.25, 0.3) is 0 Å². The number of nitrogens with one attached hydrogen (secondary N) is 1. The molecule has 0 radical (unpaired) electrons. The number of methoxy groups -OCH3 is 1. The van der Waals surface area contributed by atoms with Crippen molar-refractivity contribution in [3.05, 3.63) is 30.1 Å². The van der Waals surface area contributed by atoms with E-state index in [1.54, 1.807) is 29.8 Å². The van der Waals surface area contributed by atoms with E-state index in [-0.39, 0.29) is 5.69 Å². The van der Waals surface area contributed by atoms with Gasteiger partial charge in [-0.1, -0.05) is 6.07 Å². The van der Waals surface area contributed by atoms with Crippen LogP contribution in [0.1, 0.15) is 24.3 Å². The fraction of sp³-hybridized carbons (Fsp3) is 0.385. The number of hydrogen-bond acceptors (Lipinski definition) is 4. The van der Waals surface area contributed by atoms with E-state index in [9.17, 15) is 9.90 Å². The number of carbonyl (C=O) groups is 1. The summed E-state index contributed by atoms with van der Waals surface area (Å²) in [6.45, 7) is 4.29. The van der Waals surface area contributed by atoms with Gasteiger partial charge in [0.05, 0.1) is 12.1 Å². The molecule has 0 aliphatic heterocycles. The maximum absolute atomic E-state index is 11.4. The van der Waals surface area contributed by atoms with Crippen molar-refractivity contribution in [3.63, 3.8) is 0 Å². The topological polar surface area (TPSA) is 75.9 Å². The van der Waals surface area contributed by atoms with Crippen molar-refractivity contribution in [2.24, 2.45) is 0 Å². The van der Waals surface area contributed by atoms with Crippen molar-refractivity contribution >= 4 is 17.4 Å². The standard InChI is InChI=1S/C13H17N3O3/c1-13(2,8-19-3)15-11-10(12(17)18)16-7-5-4-6-9(16)14-11/h4-7,15H,8H2,1-3H3,(H,17,18). The van der Waals surface area contributed by atoms with Crippen molar-refractivity contribution in [3.8, 4) is 0 Å². The predicted molar refractivity (Wildman–Crippen MR) is 71.7 cm³/mol. The quantitative estimate of drug-likeness (QED) is 0.861. The lowest BCUT2D eigenvalue weighted by Gasteiger charge is -2.25. The van der Waals surface area contributed by atoms with Crippen molar-refractivity contribution in [2.75, 3.05) is 19.0 Å². The summed E-state index contributed by atoms with van der Waals surface area (Å²) < 4.78 is 6.66. The van der Waals surface area contributed by atoms with Gasteiger partial charge >= 0.3 is 5.97 Å². The number of carboxylic acids is 1. The lowest BCUT2D eigenvalue weighted by atomic mass is 10.1. The SMILES string of the molecule is COCC(C)(C)Nc1nc2ccccn2c1C(=O)O. The van der Waals surface area contributed by atoms with Crippen LogP contribution < -0.4 is 5.32 Å². The van der Waals surface area contributed by atoms with Crippen LogP contribution in [-0.4, -0.2) is 39.7 Å². The molecule has 102 valence electrons. The van der Waals surface area contributed by atoms with Crippen LogP contribution in [0.2, 0.25) is 0 Å². The zero-order valence-electron chi connectivity index (χ0n) is 11.2. The van der Waals surface area contributed by atoms with E-state index < -0.39 is 11.5 Å². The molecule has 0 spiro atoms. The number of imidazole rings is 1. The Kier molecular flexibility index (Phi) is 3.44. The molecule has 0 aromatic carbocycles. The highest BCUT2D eigenvalue weighted by molar-refractivity contribution is 5.93. The van der Waals surface area contributed by atoms with Crippen LogP contribution in [0.15, 0.2) is 24.4 Å². The molecule has 0 amide bonds. The Morgan fingerprint density at radius 3 is 2.89 bits per heavy atom. The molecule has 0 saturated carbocycles. The number of nitrogens with zero attached hydrogens (tertiary/aromatic N) is 2. The molecule has 6 heteroatoms. The summed E-state index contributed by atoms with van der Waals surface area (Å²) in [5.41, 5.74) is 0.312. The van der Waals surface area contributed by atoms with E-state index in [4.69, 9.17) is 4.74 Å². The molecular weight excluding hydrogens is 246 g/mol. The number of ether oxygens (including phenoxy) is 1. The Labute approximate surface area is 111 Å². The molecule has 0 aliphatic carbocycles. The number of rotatable bonds is 5. The second-order valence-corrected chi connectivity index (χ2v) is 4.98. The van der Waals surface area contributed by atoms with Gasteiger partial charge in [0.2, 0.25) is 0 Å². The molecule has 19 heavy (non-hydrogen) atoms. The predicted octanol–water partition coefficient (Wildman–Crippen LogP) is 1.87. The Hall–Kier alpha value is -2.08. The third-order valence-electron chi connectivity index (χ3n) is 2.69. The summed E-state index contributed by atoms with van der Waals surface area (Å²) in [5, 5.41) is 12.5. The molecule has 2 heterocycles. The van der Waals surface area contributed by atoms with Crippen molar-refractivity contribution in [2.45, 2.75) is 19.4 Å². The van der Waals surface area contributed by atoms with E-state index >= 15 is 0 Å². The van der Waals surface area contributed by atoms with Gasteiger partial charge < -0.3 is 15.2 Å². The fourth-order valence-corrected chi connectivity index (χ4v) is 2.00. The zero-order chi connectivity index (χ0) is 14.0. The largest absolute Gasteiger partial charge is 0.476 e. The molecule has 0 aliphatic rings. The average molecular weight is 263 g/mol. The van der Waals surface area contributed by atoms with Crippen molar-refractivity contribution in [1.82, 2.24) is 9.38 Å². The Bertz CT molecular complexity index is 604. The van der Waals surface area contributed by atoms with Crippen LogP contribution in [0.4, 0.5) is 5.82 Å². The van der Waals surface area contributed by atoms with Crippen LogP contribution in [-0.2, 0) is 4.74 Å². The number of aromatic nitrogens is 2. The molecule has 0 unspecified atom stereocenters. The van der Waals surface area contributed by atoms with Gasteiger partial charge in [0, 0.05) is 13.3 Å². The zero-order valence-corrected chi connectivity index (χ0v) is 11.2. The smallest absolute Gasteiger partial charge is 0.356 e. The van der Waals surface area contributed by atoms with Crippen LogP contribution in [0.3, 0.4) is 0 Å². The van der Waals surface area contributed by atoms with Crippen molar-refractivity contribution in [1.29, 1.82) is 0 Å². The third kappa shape index (κ3) is 2.68. The molecular formula is C13H17N3O3. The van der Waals surface area contributed by atoms with E-state index in [0.717, 1.165) is 0 Å². The molecule has 2 rings (SSSR count). The Morgan fingerprint density at radius 1 is 1.53 bits per heavy atom. The number of hydrogen-bond donors (Lipinski definition) is 2. The summed E-state index contributed by atoms with van der Waals surface area (Å²) in [5.74, 6) is -0.671. The minimum atomic E-state index is -1.02. The monoisotopic (exact) mass is 263 g/mol. The molecule has 0 saturated heterocycles. The number of carboxylic acid groups (broad SMARTS) is 1. The second-order valence-electron chi connectivity index (χ2n) is 4.98. The number of aromatic carboxylic acids is 1. The van der Waals surface area contributed by atoms with Crippen LogP contribution in [0.25, 0.3) is 5.65 Å². The van der Waals surface area contributed by atoms with E-state index in [1.165, 1.54) is 0 Å². The van der Waals surface area contributed by atoms with Crippen molar-refractivity contribution < 1.29 is 14.6 Å². The Morgan fingerprint density at radius 2 is 2.26 bits per heavy atom. The highest BCUT2D eigenvalue weighted by Crippen LogP contribution is 2.21. The van der Waals surface area contributed by atoms with Gasteiger partial charge in [-0.15, -0.1) is 0 Å². The van der Waals surface area contributed by atoms with Crippen LogP contribution >= 0.6 is 0 Å². The number of fused-ring (bicyclic) bond motifs is 1. The lowest BCUT2D eigenvalue weighted by Crippen LogP contribution is -2.36. The average Bonchev–Trinajstić information content (AvgIpc) is 2.65. The third-order valence-corrected chi connectivity index (χ3v) is 2.69. The van der Waals surface area contributed by atoms with E-state index in [0.29, 0.717) is 18.1 Å². The minimum Gasteiger partial charge on any atom is -0.476 e. The van der Waals surface area contributed by atoms with Gasteiger partial charge in [-0.25, -0.2) is 9.78 Å². The summed E-state index contributed by atoms with van der Waals surface area (Å²) in [4.78, 5) is 15.7. The highest BCUT2D eigenvalue weighted by Gasteiger charge is 2.24. The second kappa shape index (κ2) is 4.89. The summed E-state index contributed by atoms with van der Waals surface area (Å²) >= 11 is 0. The first-order valence-corrected chi connectivity index (χ1v) is 5.92. The first-order valence-electron chi connectivity index (χ1n) is 5.92. The van der Waals surface area contributed by atoms with Gasteiger partial charge in [-0.05, 0) is 26.0 Å². The normalized spacial score (nSPS) is 11.7. The molecule has 2 aromatic rings. The summed E-state index contributed by atoms with van der Waals surface area (Å²) in [6, 6.07) is 5.35. The molecule has 2 N–H and O–H groups in total. The fourth-order valence-electron chi connectivity index (χ4n) is 2.00. The van der Waals surface area contributed by atoms with Gasteiger partial charge in [0.1, 0.15) is 5.65 Å².